The van der Waals surface area contributed by atoms with E-state index in [1.807, 2.05) is 23.6 Å². The first-order valence-electron chi connectivity index (χ1n) is 15.8. The van der Waals surface area contributed by atoms with Crippen molar-refractivity contribution < 1.29 is 19.2 Å². The average molecular weight is 561 g/mol. The highest BCUT2D eigenvalue weighted by Crippen LogP contribution is 2.36. The van der Waals surface area contributed by atoms with Crippen LogP contribution in [-0.2, 0) is 19.2 Å². The van der Waals surface area contributed by atoms with Gasteiger partial charge in [0.15, 0.2) is 0 Å². The van der Waals surface area contributed by atoms with Crippen LogP contribution in [0.15, 0.2) is 0 Å². The maximum Gasteiger partial charge on any atom is 0.245 e. The Morgan fingerprint density at radius 1 is 0.575 bits per heavy atom. The van der Waals surface area contributed by atoms with Crippen LogP contribution in [0, 0.1) is 11.8 Å². The number of fused-ring (bicyclic) bond motifs is 1. The van der Waals surface area contributed by atoms with E-state index in [1.165, 1.54) is 12.8 Å². The first kappa shape index (κ1) is 30.8. The highest BCUT2D eigenvalue weighted by molar-refractivity contribution is 5.92. The lowest BCUT2D eigenvalue weighted by atomic mass is 9.83. The summed E-state index contributed by atoms with van der Waals surface area (Å²) in [6.45, 7) is 4.80. The quantitative estimate of drug-likeness (QED) is 0.322. The molecule has 0 bridgehead atoms. The number of likely N-dealkylation sites (tertiary alicyclic amines) is 2. The molecule has 4 aliphatic rings. The summed E-state index contributed by atoms with van der Waals surface area (Å²) in [4.78, 5) is 57.8. The fourth-order valence-corrected chi connectivity index (χ4v) is 7.41. The van der Waals surface area contributed by atoms with E-state index in [2.05, 4.69) is 21.3 Å². The van der Waals surface area contributed by atoms with Gasteiger partial charge < -0.3 is 31.1 Å². The molecular weight excluding hydrogens is 508 g/mol. The first-order chi connectivity index (χ1) is 19.3. The van der Waals surface area contributed by atoms with Gasteiger partial charge in [0, 0.05) is 13.1 Å². The van der Waals surface area contributed by atoms with Gasteiger partial charge >= 0.3 is 0 Å². The molecule has 2 saturated heterocycles. The predicted octanol–water partition coefficient (Wildman–Crippen LogP) is 1.53. The maximum absolute atomic E-state index is 14.1. The van der Waals surface area contributed by atoms with Gasteiger partial charge in [-0.3, -0.25) is 19.2 Å². The van der Waals surface area contributed by atoms with Gasteiger partial charge in [0.2, 0.25) is 23.6 Å². The Kier molecular flexibility index (Phi) is 10.9. The number of carbonyl (C=O) groups excluding carboxylic acids is 4. The topological polar surface area (TPSA) is 123 Å². The van der Waals surface area contributed by atoms with Crippen molar-refractivity contribution >= 4 is 23.6 Å². The predicted molar refractivity (Wildman–Crippen MR) is 154 cm³/mol. The molecule has 4 rings (SSSR count). The van der Waals surface area contributed by atoms with Gasteiger partial charge in [-0.05, 0) is 78.3 Å². The van der Waals surface area contributed by atoms with E-state index in [4.69, 9.17) is 0 Å². The van der Waals surface area contributed by atoms with Crippen LogP contribution >= 0.6 is 0 Å². The highest BCUT2D eigenvalue weighted by Gasteiger charge is 2.50. The van der Waals surface area contributed by atoms with Crippen LogP contribution in [0.5, 0.6) is 0 Å². The van der Waals surface area contributed by atoms with Gasteiger partial charge in [-0.25, -0.2) is 0 Å². The number of nitrogens with zero attached hydrogens (tertiary/aromatic N) is 2. The minimum atomic E-state index is -0.524. The molecule has 10 heteroatoms. The monoisotopic (exact) mass is 560 g/mol. The smallest absolute Gasteiger partial charge is 0.245 e. The third kappa shape index (κ3) is 6.81. The second kappa shape index (κ2) is 14.1. The molecule has 2 heterocycles. The van der Waals surface area contributed by atoms with Gasteiger partial charge in [0.1, 0.15) is 12.1 Å². The standard InChI is InChI=1S/C30H52N6O4/c1-19(31-3)27(37)33-25(21-11-7-5-8-12-21)29(39)35-17-15-24-23(35)16-18-36(24)30(40)26(22-13-9-6-10-14-22)34-28(38)20(2)32-4/h19-26,31-32H,5-18H2,1-4H3,(H,33,37)(H,34,38). The van der Waals surface area contributed by atoms with Crippen molar-refractivity contribution in [3.05, 3.63) is 0 Å². The third-order valence-electron chi connectivity index (χ3n) is 10.2. The molecule has 0 aromatic carbocycles. The molecule has 4 amide bonds. The second-order valence-electron chi connectivity index (χ2n) is 12.6. The number of likely N-dealkylation sites (N-methyl/N-ethyl adjacent to an activating group) is 2. The molecule has 6 unspecified atom stereocenters. The molecule has 2 aliphatic carbocycles. The Labute approximate surface area is 240 Å². The SMILES string of the molecule is CNC(C)C(=O)NC(C(=O)N1CCC2C1CCN2C(=O)C(NC(=O)C(C)NC)C1CCCCC1)C1CCCCC1. The first-order valence-corrected chi connectivity index (χ1v) is 15.8. The summed E-state index contributed by atoms with van der Waals surface area (Å²) in [7, 11) is 3.50. The molecule has 6 atom stereocenters. The van der Waals surface area contributed by atoms with E-state index in [1.54, 1.807) is 14.1 Å². The lowest BCUT2D eigenvalue weighted by molar-refractivity contribution is -0.141. The largest absolute Gasteiger partial charge is 0.343 e. The summed E-state index contributed by atoms with van der Waals surface area (Å²) in [5.41, 5.74) is 0. The summed E-state index contributed by atoms with van der Waals surface area (Å²) in [5, 5.41) is 12.2. The fourth-order valence-electron chi connectivity index (χ4n) is 7.41. The third-order valence-corrected chi connectivity index (χ3v) is 10.2. The van der Waals surface area contributed by atoms with Crippen LogP contribution in [0.3, 0.4) is 0 Å². The number of hydrogen-bond acceptors (Lipinski definition) is 6. The molecule has 226 valence electrons. The van der Waals surface area contributed by atoms with Crippen LogP contribution in [0.25, 0.3) is 0 Å². The van der Waals surface area contributed by atoms with E-state index in [-0.39, 0.29) is 59.6 Å². The number of carbonyl (C=O) groups is 4. The van der Waals surface area contributed by atoms with Crippen molar-refractivity contribution in [2.45, 2.75) is 127 Å². The molecule has 0 spiro atoms. The number of hydrogen-bond donors (Lipinski definition) is 4. The lowest BCUT2D eigenvalue weighted by Gasteiger charge is -2.36. The van der Waals surface area contributed by atoms with E-state index in [0.29, 0.717) is 13.1 Å². The van der Waals surface area contributed by atoms with E-state index >= 15 is 0 Å². The maximum atomic E-state index is 14.1. The molecule has 4 fully saturated rings. The Bertz CT molecular complexity index is 831. The summed E-state index contributed by atoms with van der Waals surface area (Å²) in [6.07, 6.45) is 12.0. The Morgan fingerprint density at radius 3 is 1.25 bits per heavy atom. The summed E-state index contributed by atoms with van der Waals surface area (Å²) in [5.74, 6) is 0.00943. The molecular formula is C30H52N6O4. The Morgan fingerprint density at radius 2 is 0.925 bits per heavy atom. The Hall–Kier alpha value is -2.20. The normalized spacial score (nSPS) is 27.0. The molecule has 0 aromatic heterocycles. The van der Waals surface area contributed by atoms with Crippen LogP contribution in [0.1, 0.15) is 90.9 Å². The molecule has 40 heavy (non-hydrogen) atoms. The van der Waals surface area contributed by atoms with E-state index in [0.717, 1.165) is 64.2 Å². The van der Waals surface area contributed by atoms with Crippen LogP contribution in [0.2, 0.25) is 0 Å². The summed E-state index contributed by atoms with van der Waals surface area (Å²) < 4.78 is 0. The van der Waals surface area contributed by atoms with Crippen molar-refractivity contribution in [3.8, 4) is 0 Å². The Balaban J connectivity index is 1.48. The number of rotatable bonds is 10. The van der Waals surface area contributed by atoms with Crippen LogP contribution in [-0.4, -0.2) is 96.9 Å². The summed E-state index contributed by atoms with van der Waals surface area (Å²) in [6, 6.07) is -1.88. The average Bonchev–Trinajstić information content (AvgIpc) is 3.60. The minimum absolute atomic E-state index is 0.00494. The zero-order chi connectivity index (χ0) is 28.8. The number of amides is 4. The van der Waals surface area contributed by atoms with Gasteiger partial charge in [0.25, 0.3) is 0 Å². The van der Waals surface area contributed by atoms with Crippen LogP contribution in [0.4, 0.5) is 0 Å². The van der Waals surface area contributed by atoms with Crippen molar-refractivity contribution in [2.75, 3.05) is 27.2 Å². The van der Waals surface area contributed by atoms with Gasteiger partial charge in [-0.1, -0.05) is 38.5 Å². The number of nitrogens with one attached hydrogen (secondary N) is 4. The molecule has 4 N–H and O–H groups in total. The fraction of sp³-hybridized carbons (Fsp3) is 0.867. The van der Waals surface area contributed by atoms with E-state index in [9.17, 15) is 19.2 Å². The zero-order valence-electron chi connectivity index (χ0n) is 25.0. The second-order valence-corrected chi connectivity index (χ2v) is 12.6. The summed E-state index contributed by atoms with van der Waals surface area (Å²) >= 11 is 0. The van der Waals surface area contributed by atoms with Crippen molar-refractivity contribution in [3.63, 3.8) is 0 Å². The molecule has 2 saturated carbocycles. The molecule has 0 aromatic rings. The molecule has 10 nitrogen and oxygen atoms in total. The molecule has 2 aliphatic heterocycles. The van der Waals surface area contributed by atoms with Crippen LogP contribution < -0.4 is 21.3 Å². The molecule has 0 radical (unpaired) electrons. The van der Waals surface area contributed by atoms with Crippen molar-refractivity contribution in [1.29, 1.82) is 0 Å². The lowest BCUT2D eigenvalue weighted by Crippen LogP contribution is -2.58. The highest BCUT2D eigenvalue weighted by atomic mass is 16.2. The van der Waals surface area contributed by atoms with Crippen molar-refractivity contribution in [1.82, 2.24) is 31.1 Å². The van der Waals surface area contributed by atoms with Gasteiger partial charge in [-0.15, -0.1) is 0 Å². The zero-order valence-corrected chi connectivity index (χ0v) is 25.0. The minimum Gasteiger partial charge on any atom is -0.343 e. The van der Waals surface area contributed by atoms with E-state index < -0.39 is 12.1 Å². The van der Waals surface area contributed by atoms with Crippen molar-refractivity contribution in [2.24, 2.45) is 11.8 Å². The van der Waals surface area contributed by atoms with Gasteiger partial charge in [-0.2, -0.15) is 0 Å². The van der Waals surface area contributed by atoms with Gasteiger partial charge in [0.05, 0.1) is 24.2 Å².